The van der Waals surface area contributed by atoms with Crippen LogP contribution in [-0.4, -0.2) is 19.1 Å². The number of hydrogen-bond acceptors (Lipinski definition) is 3. The van der Waals surface area contributed by atoms with E-state index in [0.29, 0.717) is 6.54 Å². The first-order valence-corrected chi connectivity index (χ1v) is 3.56. The van der Waals surface area contributed by atoms with Crippen molar-refractivity contribution in [2.45, 2.75) is 6.54 Å². The molecule has 1 heterocycles. The molecular weight excluding hydrogens is 138 g/mol. The van der Waals surface area contributed by atoms with Gasteiger partial charge in [0.2, 0.25) is 0 Å². The average molecular weight is 151 g/mol. The zero-order chi connectivity index (χ0) is 8.27. The number of nitrogens with two attached hydrogens (primary N) is 1. The van der Waals surface area contributed by atoms with Gasteiger partial charge in [0.15, 0.2) is 0 Å². The summed E-state index contributed by atoms with van der Waals surface area (Å²) in [5.74, 6) is 0. The van der Waals surface area contributed by atoms with Crippen LogP contribution in [0.1, 0.15) is 5.69 Å². The van der Waals surface area contributed by atoms with Crippen LogP contribution in [0.25, 0.3) is 0 Å². The summed E-state index contributed by atoms with van der Waals surface area (Å²) in [4.78, 5) is 6.16. The van der Waals surface area contributed by atoms with Gasteiger partial charge in [-0.2, -0.15) is 0 Å². The lowest BCUT2D eigenvalue weighted by Crippen LogP contribution is -2.09. The molecule has 0 saturated carbocycles. The largest absolute Gasteiger partial charge is 0.376 e. The van der Waals surface area contributed by atoms with Crippen LogP contribution in [-0.2, 0) is 6.54 Å². The highest BCUT2D eigenvalue weighted by atomic mass is 15.1. The van der Waals surface area contributed by atoms with Crippen molar-refractivity contribution in [2.24, 2.45) is 5.73 Å². The Morgan fingerprint density at radius 1 is 1.45 bits per heavy atom. The fourth-order valence-electron chi connectivity index (χ4n) is 0.802. The van der Waals surface area contributed by atoms with Gasteiger partial charge in [-0.1, -0.05) is 0 Å². The summed E-state index contributed by atoms with van der Waals surface area (Å²) < 4.78 is 0. The van der Waals surface area contributed by atoms with Gasteiger partial charge in [-0.3, -0.25) is 4.98 Å². The Kier molecular flexibility index (Phi) is 2.44. The molecule has 0 aromatic carbocycles. The maximum Gasteiger partial charge on any atom is 0.0547 e. The minimum atomic E-state index is 0.508. The minimum Gasteiger partial charge on any atom is -0.376 e. The minimum absolute atomic E-state index is 0.508. The van der Waals surface area contributed by atoms with Crippen LogP contribution in [0.4, 0.5) is 5.69 Å². The molecule has 0 unspecified atom stereocenters. The van der Waals surface area contributed by atoms with Gasteiger partial charge in [0, 0.05) is 20.6 Å². The molecule has 0 spiro atoms. The van der Waals surface area contributed by atoms with Gasteiger partial charge in [-0.25, -0.2) is 0 Å². The van der Waals surface area contributed by atoms with Gasteiger partial charge in [0.1, 0.15) is 0 Å². The van der Waals surface area contributed by atoms with Gasteiger partial charge >= 0.3 is 0 Å². The summed E-state index contributed by atoms with van der Waals surface area (Å²) >= 11 is 0. The first-order chi connectivity index (χ1) is 5.24. The lowest BCUT2D eigenvalue weighted by molar-refractivity contribution is 0.981. The molecule has 1 rings (SSSR count). The Morgan fingerprint density at radius 3 is 2.55 bits per heavy atom. The molecule has 0 radical (unpaired) electrons. The second-order valence-corrected chi connectivity index (χ2v) is 2.61. The van der Waals surface area contributed by atoms with Crippen LogP contribution in [0.5, 0.6) is 0 Å². The van der Waals surface area contributed by atoms with Crippen molar-refractivity contribution in [1.82, 2.24) is 4.98 Å². The maximum absolute atomic E-state index is 5.40. The highest BCUT2D eigenvalue weighted by molar-refractivity contribution is 5.42. The Hall–Kier alpha value is -1.09. The van der Waals surface area contributed by atoms with Crippen LogP contribution in [0.2, 0.25) is 0 Å². The summed E-state index contributed by atoms with van der Waals surface area (Å²) in [6.45, 7) is 0.508. The topological polar surface area (TPSA) is 42.1 Å². The van der Waals surface area contributed by atoms with Crippen LogP contribution in [0.15, 0.2) is 18.3 Å². The van der Waals surface area contributed by atoms with Crippen molar-refractivity contribution >= 4 is 5.69 Å². The van der Waals surface area contributed by atoms with Gasteiger partial charge in [-0.05, 0) is 12.1 Å². The van der Waals surface area contributed by atoms with Crippen LogP contribution in [0.3, 0.4) is 0 Å². The molecule has 1 aromatic rings. The number of aromatic nitrogens is 1. The second kappa shape index (κ2) is 3.34. The molecule has 1 aromatic heterocycles. The van der Waals surface area contributed by atoms with Crippen molar-refractivity contribution in [1.29, 1.82) is 0 Å². The van der Waals surface area contributed by atoms with Crippen LogP contribution in [0, 0.1) is 0 Å². The number of anilines is 1. The van der Waals surface area contributed by atoms with E-state index in [1.165, 1.54) is 0 Å². The zero-order valence-corrected chi connectivity index (χ0v) is 6.91. The van der Waals surface area contributed by atoms with E-state index in [1.807, 2.05) is 37.3 Å². The molecule has 3 heteroatoms. The molecule has 0 amide bonds. The number of hydrogen-bond donors (Lipinski definition) is 1. The Labute approximate surface area is 66.8 Å². The molecule has 0 bridgehead atoms. The molecular formula is C8H13N3. The van der Waals surface area contributed by atoms with E-state index >= 15 is 0 Å². The molecule has 0 saturated heterocycles. The molecule has 3 nitrogen and oxygen atoms in total. The van der Waals surface area contributed by atoms with Crippen molar-refractivity contribution in [3.8, 4) is 0 Å². The van der Waals surface area contributed by atoms with Gasteiger partial charge in [0.25, 0.3) is 0 Å². The number of pyridine rings is 1. The van der Waals surface area contributed by atoms with E-state index in [-0.39, 0.29) is 0 Å². The number of rotatable bonds is 2. The fourth-order valence-corrected chi connectivity index (χ4v) is 0.802. The summed E-state index contributed by atoms with van der Waals surface area (Å²) in [6.07, 6.45) is 1.82. The van der Waals surface area contributed by atoms with E-state index in [2.05, 4.69) is 4.98 Å². The first kappa shape index (κ1) is 8.01. The summed E-state index contributed by atoms with van der Waals surface area (Å²) in [5, 5.41) is 0. The van der Waals surface area contributed by atoms with E-state index in [9.17, 15) is 0 Å². The van der Waals surface area contributed by atoms with Crippen LogP contribution >= 0.6 is 0 Å². The predicted octanol–water partition coefficient (Wildman–Crippen LogP) is 0.606. The lowest BCUT2D eigenvalue weighted by Gasteiger charge is -2.11. The van der Waals surface area contributed by atoms with Gasteiger partial charge in [-0.15, -0.1) is 0 Å². The summed E-state index contributed by atoms with van der Waals surface area (Å²) in [5.41, 5.74) is 7.43. The van der Waals surface area contributed by atoms with E-state index in [0.717, 1.165) is 11.4 Å². The van der Waals surface area contributed by atoms with Crippen molar-refractivity contribution in [3.05, 3.63) is 24.0 Å². The smallest absolute Gasteiger partial charge is 0.0547 e. The maximum atomic E-state index is 5.40. The zero-order valence-electron chi connectivity index (χ0n) is 6.91. The Morgan fingerprint density at radius 2 is 2.18 bits per heavy atom. The van der Waals surface area contributed by atoms with Gasteiger partial charge < -0.3 is 10.6 Å². The Balaban J connectivity index is 2.83. The quantitative estimate of drug-likeness (QED) is 0.673. The third kappa shape index (κ3) is 1.91. The van der Waals surface area contributed by atoms with Crippen molar-refractivity contribution in [3.63, 3.8) is 0 Å². The van der Waals surface area contributed by atoms with E-state index in [4.69, 9.17) is 5.73 Å². The third-order valence-electron chi connectivity index (χ3n) is 1.53. The summed E-state index contributed by atoms with van der Waals surface area (Å²) in [6, 6.07) is 3.95. The standard InChI is InChI=1S/C8H13N3/c1-11(2)8-4-3-7(5-9)10-6-8/h3-4,6H,5,9H2,1-2H3. The average Bonchev–Trinajstić information content (AvgIpc) is 2.05. The lowest BCUT2D eigenvalue weighted by atomic mass is 10.3. The monoisotopic (exact) mass is 151 g/mol. The molecule has 60 valence electrons. The van der Waals surface area contributed by atoms with Crippen LogP contribution < -0.4 is 10.6 Å². The normalized spacial score (nSPS) is 9.73. The molecule has 2 N–H and O–H groups in total. The highest BCUT2D eigenvalue weighted by Gasteiger charge is 1.94. The molecule has 0 aliphatic rings. The van der Waals surface area contributed by atoms with Gasteiger partial charge in [0.05, 0.1) is 17.6 Å². The molecule has 11 heavy (non-hydrogen) atoms. The van der Waals surface area contributed by atoms with E-state index < -0.39 is 0 Å². The fraction of sp³-hybridized carbons (Fsp3) is 0.375. The Bertz CT molecular complexity index is 215. The van der Waals surface area contributed by atoms with Crippen molar-refractivity contribution < 1.29 is 0 Å². The molecule has 0 fully saturated rings. The molecule has 0 aliphatic heterocycles. The van der Waals surface area contributed by atoms with E-state index in [1.54, 1.807) is 0 Å². The van der Waals surface area contributed by atoms with Crippen molar-refractivity contribution in [2.75, 3.05) is 19.0 Å². The highest BCUT2D eigenvalue weighted by Crippen LogP contribution is 2.08. The predicted molar refractivity (Wildman–Crippen MR) is 46.5 cm³/mol. The second-order valence-electron chi connectivity index (χ2n) is 2.61. The molecule has 0 atom stereocenters. The SMILES string of the molecule is CN(C)c1ccc(CN)nc1. The first-order valence-electron chi connectivity index (χ1n) is 3.56. The molecule has 0 aliphatic carbocycles. The third-order valence-corrected chi connectivity index (χ3v) is 1.53. The number of nitrogens with zero attached hydrogens (tertiary/aromatic N) is 2. The summed E-state index contributed by atoms with van der Waals surface area (Å²) in [7, 11) is 3.97.